The molecule has 2 rings (SSSR count). The van der Waals surface area contributed by atoms with Gasteiger partial charge in [0.25, 0.3) is 0 Å². The van der Waals surface area contributed by atoms with Gasteiger partial charge in [-0.15, -0.1) is 0 Å². The van der Waals surface area contributed by atoms with Crippen LogP contribution in [0.5, 0.6) is 0 Å². The molecule has 0 unspecified atom stereocenters. The summed E-state index contributed by atoms with van der Waals surface area (Å²) in [6.07, 6.45) is 7.60. The molecule has 0 fully saturated rings. The van der Waals surface area contributed by atoms with Crippen molar-refractivity contribution >= 4 is 24.0 Å². The van der Waals surface area contributed by atoms with Gasteiger partial charge in [-0.1, -0.05) is 55.6 Å². The van der Waals surface area contributed by atoms with Gasteiger partial charge in [-0.05, 0) is 36.1 Å². The van der Waals surface area contributed by atoms with Gasteiger partial charge < -0.3 is 0 Å². The SMILES string of the molecule is CCCCCc1ccc(/C=N/N=C/c2cc(F)c(Cl)c(F)c2)cc1. The summed E-state index contributed by atoms with van der Waals surface area (Å²) in [5, 5.41) is 7.17. The molecule has 0 radical (unpaired) electrons. The van der Waals surface area contributed by atoms with E-state index in [4.69, 9.17) is 11.6 Å². The molecule has 0 saturated heterocycles. The van der Waals surface area contributed by atoms with Crippen molar-refractivity contribution in [3.8, 4) is 0 Å². The molecule has 5 heteroatoms. The topological polar surface area (TPSA) is 24.7 Å². The van der Waals surface area contributed by atoms with Crippen LogP contribution in [0.2, 0.25) is 5.02 Å². The number of benzene rings is 2. The highest BCUT2D eigenvalue weighted by molar-refractivity contribution is 6.30. The molecule has 2 aromatic carbocycles. The van der Waals surface area contributed by atoms with E-state index in [-0.39, 0.29) is 5.56 Å². The maximum absolute atomic E-state index is 13.3. The van der Waals surface area contributed by atoms with Gasteiger partial charge in [0.2, 0.25) is 0 Å². The Hall–Kier alpha value is -2.07. The fourth-order valence-corrected chi connectivity index (χ4v) is 2.31. The van der Waals surface area contributed by atoms with Crippen LogP contribution in [0.4, 0.5) is 8.78 Å². The number of hydrogen-bond acceptors (Lipinski definition) is 2. The molecular formula is C19H19ClF2N2. The van der Waals surface area contributed by atoms with E-state index in [1.807, 2.05) is 12.1 Å². The van der Waals surface area contributed by atoms with E-state index in [2.05, 4.69) is 29.3 Å². The molecule has 0 aliphatic carbocycles. The molecule has 2 nitrogen and oxygen atoms in total. The van der Waals surface area contributed by atoms with Gasteiger partial charge in [0.15, 0.2) is 0 Å². The van der Waals surface area contributed by atoms with Crippen LogP contribution in [0.1, 0.15) is 42.9 Å². The second kappa shape index (κ2) is 9.28. The van der Waals surface area contributed by atoms with Crippen molar-refractivity contribution in [1.82, 2.24) is 0 Å². The Kier molecular flexibility index (Phi) is 7.07. The third kappa shape index (κ3) is 5.53. The first kappa shape index (κ1) is 18.3. The van der Waals surface area contributed by atoms with Gasteiger partial charge in [0, 0.05) is 5.56 Å². The van der Waals surface area contributed by atoms with Crippen LogP contribution >= 0.6 is 11.6 Å². The second-order valence-corrected chi connectivity index (χ2v) is 5.86. The molecule has 0 aromatic heterocycles. The maximum atomic E-state index is 13.3. The van der Waals surface area contributed by atoms with Crippen molar-refractivity contribution in [3.63, 3.8) is 0 Å². The fraction of sp³-hybridized carbons (Fsp3) is 0.263. The van der Waals surface area contributed by atoms with Gasteiger partial charge in [-0.3, -0.25) is 0 Å². The van der Waals surface area contributed by atoms with Crippen molar-refractivity contribution in [2.75, 3.05) is 0 Å². The molecule has 0 aliphatic heterocycles. The minimum atomic E-state index is -0.819. The molecule has 0 bridgehead atoms. The molecule has 0 spiro atoms. The first-order valence-electron chi connectivity index (χ1n) is 7.90. The number of halogens is 3. The van der Waals surface area contributed by atoms with Crippen LogP contribution in [0.15, 0.2) is 46.6 Å². The molecule has 0 heterocycles. The van der Waals surface area contributed by atoms with Gasteiger partial charge >= 0.3 is 0 Å². The maximum Gasteiger partial charge on any atom is 0.145 e. The number of aryl methyl sites for hydroxylation is 1. The predicted molar refractivity (Wildman–Crippen MR) is 96.2 cm³/mol. The van der Waals surface area contributed by atoms with E-state index >= 15 is 0 Å². The Balaban J connectivity index is 1.94. The molecule has 24 heavy (non-hydrogen) atoms. The highest BCUT2D eigenvalue weighted by Gasteiger charge is 2.07. The van der Waals surface area contributed by atoms with Crippen LogP contribution < -0.4 is 0 Å². The van der Waals surface area contributed by atoms with Crippen LogP contribution in [0, 0.1) is 11.6 Å². The Morgan fingerprint density at radius 1 is 0.917 bits per heavy atom. The average Bonchev–Trinajstić information content (AvgIpc) is 2.58. The highest BCUT2D eigenvalue weighted by Crippen LogP contribution is 2.19. The zero-order chi connectivity index (χ0) is 17.4. The Morgan fingerprint density at radius 2 is 1.50 bits per heavy atom. The summed E-state index contributed by atoms with van der Waals surface area (Å²) >= 11 is 5.42. The van der Waals surface area contributed by atoms with E-state index in [9.17, 15) is 8.78 Å². The molecule has 0 N–H and O–H groups in total. The monoisotopic (exact) mass is 348 g/mol. The quantitative estimate of drug-likeness (QED) is 0.261. The van der Waals surface area contributed by atoms with Crippen molar-refractivity contribution < 1.29 is 8.78 Å². The zero-order valence-electron chi connectivity index (χ0n) is 13.5. The van der Waals surface area contributed by atoms with E-state index in [1.54, 1.807) is 6.21 Å². The molecule has 0 atom stereocenters. The van der Waals surface area contributed by atoms with Crippen molar-refractivity contribution in [1.29, 1.82) is 0 Å². The normalized spacial score (nSPS) is 11.7. The minimum absolute atomic E-state index is 0.262. The first-order chi connectivity index (χ1) is 11.6. The van der Waals surface area contributed by atoms with Gasteiger partial charge in [0.05, 0.1) is 12.4 Å². The Morgan fingerprint density at radius 3 is 2.08 bits per heavy atom. The molecule has 2 aromatic rings. The summed E-state index contributed by atoms with van der Waals surface area (Å²) in [6.45, 7) is 2.19. The summed E-state index contributed by atoms with van der Waals surface area (Å²) in [4.78, 5) is 0. The predicted octanol–water partition coefficient (Wildman–Crippen LogP) is 5.80. The number of nitrogens with zero attached hydrogens (tertiary/aromatic N) is 2. The lowest BCUT2D eigenvalue weighted by Gasteiger charge is -2.00. The van der Waals surface area contributed by atoms with Crippen molar-refractivity contribution in [2.24, 2.45) is 10.2 Å². The van der Waals surface area contributed by atoms with E-state index < -0.39 is 16.7 Å². The molecule has 0 amide bonds. The molecular weight excluding hydrogens is 330 g/mol. The largest absolute Gasteiger partial charge is 0.205 e. The van der Waals surface area contributed by atoms with Crippen LogP contribution in [0.3, 0.4) is 0 Å². The number of unbranched alkanes of at least 4 members (excludes halogenated alkanes) is 2. The van der Waals surface area contributed by atoms with Crippen molar-refractivity contribution in [2.45, 2.75) is 32.6 Å². The fourth-order valence-electron chi connectivity index (χ4n) is 2.20. The Labute approximate surface area is 145 Å². The number of hydrogen-bond donors (Lipinski definition) is 0. The third-order valence-corrected chi connectivity index (χ3v) is 3.90. The molecule has 126 valence electrons. The summed E-state index contributed by atoms with van der Waals surface area (Å²) in [7, 11) is 0. The van der Waals surface area contributed by atoms with Crippen LogP contribution in [0.25, 0.3) is 0 Å². The standard InChI is InChI=1S/C19H19ClF2N2/c1-2-3-4-5-14-6-8-15(9-7-14)12-23-24-13-16-10-17(21)19(20)18(22)11-16/h6-13H,2-5H2,1H3/b23-12+,24-13+. The van der Waals surface area contributed by atoms with E-state index in [0.717, 1.165) is 24.1 Å². The highest BCUT2D eigenvalue weighted by atomic mass is 35.5. The van der Waals surface area contributed by atoms with E-state index in [1.165, 1.54) is 31.0 Å². The Bertz CT molecular complexity index is 702. The summed E-state index contributed by atoms with van der Waals surface area (Å²) in [6, 6.07) is 10.3. The summed E-state index contributed by atoms with van der Waals surface area (Å²) < 4.78 is 26.6. The van der Waals surface area contributed by atoms with Crippen LogP contribution in [-0.4, -0.2) is 12.4 Å². The molecule has 0 saturated carbocycles. The lowest BCUT2D eigenvalue weighted by atomic mass is 10.1. The van der Waals surface area contributed by atoms with E-state index in [0.29, 0.717) is 0 Å². The minimum Gasteiger partial charge on any atom is -0.205 e. The first-order valence-corrected chi connectivity index (χ1v) is 8.28. The number of rotatable bonds is 7. The lowest BCUT2D eigenvalue weighted by molar-refractivity contribution is 0.584. The molecule has 0 aliphatic rings. The van der Waals surface area contributed by atoms with Gasteiger partial charge in [-0.25, -0.2) is 8.78 Å². The zero-order valence-corrected chi connectivity index (χ0v) is 14.2. The van der Waals surface area contributed by atoms with Gasteiger partial charge in [0.1, 0.15) is 16.7 Å². The summed E-state index contributed by atoms with van der Waals surface area (Å²) in [5.74, 6) is -1.64. The third-order valence-electron chi connectivity index (χ3n) is 3.54. The van der Waals surface area contributed by atoms with Gasteiger partial charge in [-0.2, -0.15) is 10.2 Å². The second-order valence-electron chi connectivity index (χ2n) is 5.49. The van der Waals surface area contributed by atoms with Crippen LogP contribution in [-0.2, 0) is 6.42 Å². The summed E-state index contributed by atoms with van der Waals surface area (Å²) in [5.41, 5.74) is 2.48. The lowest BCUT2D eigenvalue weighted by Crippen LogP contribution is -1.89. The smallest absolute Gasteiger partial charge is 0.145 e. The average molecular weight is 349 g/mol. The van der Waals surface area contributed by atoms with Crippen molar-refractivity contribution in [3.05, 3.63) is 69.7 Å².